The van der Waals surface area contributed by atoms with E-state index in [1.807, 2.05) is 0 Å². The van der Waals surface area contributed by atoms with Crippen LogP contribution < -0.4 is 21.7 Å². The van der Waals surface area contributed by atoms with E-state index >= 15 is 0 Å². The number of hydrogen-bond donors (Lipinski definition) is 4. The number of nitrogens with two attached hydrogens (primary N) is 2. The molecule has 0 fully saturated rings. The number of allylic oxidation sites excluding steroid dienone is 1. The zero-order chi connectivity index (χ0) is 28.4. The summed E-state index contributed by atoms with van der Waals surface area (Å²) in [6, 6.07) is 5.45. The highest BCUT2D eigenvalue weighted by atomic mass is 19.1. The van der Waals surface area contributed by atoms with E-state index in [1.165, 1.54) is 30.8 Å². The number of halogens is 2. The maximum Gasteiger partial charge on any atom is 0.251 e. The molecule has 6 N–H and O–H groups in total. The van der Waals surface area contributed by atoms with Crippen LogP contribution in [0.1, 0.15) is 55.5 Å². The quantitative estimate of drug-likeness (QED) is 0.240. The number of benzene rings is 1. The smallest absolute Gasteiger partial charge is 0.251 e. The topological polar surface area (TPSA) is 144 Å². The van der Waals surface area contributed by atoms with Crippen molar-refractivity contribution in [2.24, 2.45) is 11.5 Å². The summed E-state index contributed by atoms with van der Waals surface area (Å²) in [4.78, 5) is 24.5. The highest BCUT2D eigenvalue weighted by Crippen LogP contribution is 2.23. The minimum atomic E-state index is -1.08. The van der Waals surface area contributed by atoms with Crippen LogP contribution in [0.5, 0.6) is 0 Å². The Morgan fingerprint density at radius 1 is 1.15 bits per heavy atom. The lowest BCUT2D eigenvalue weighted by molar-refractivity contribution is 0.0814. The van der Waals surface area contributed by atoms with E-state index in [4.69, 9.17) is 15.9 Å². The second-order valence-corrected chi connectivity index (χ2v) is 9.33. The van der Waals surface area contributed by atoms with Crippen LogP contribution in [-0.4, -0.2) is 46.2 Å². The summed E-state index contributed by atoms with van der Waals surface area (Å²) in [5.41, 5.74) is 12.5. The maximum atomic E-state index is 13.9. The van der Waals surface area contributed by atoms with E-state index in [2.05, 4.69) is 34.0 Å². The molecular formula is C28H36F2N6O3. The number of rotatable bonds is 14. The minimum absolute atomic E-state index is 0.0177. The van der Waals surface area contributed by atoms with Crippen molar-refractivity contribution in [3.63, 3.8) is 0 Å². The van der Waals surface area contributed by atoms with Gasteiger partial charge in [0.1, 0.15) is 29.4 Å². The van der Waals surface area contributed by atoms with Crippen LogP contribution in [0, 0.1) is 11.6 Å². The van der Waals surface area contributed by atoms with Gasteiger partial charge in [-0.3, -0.25) is 4.79 Å². The second kappa shape index (κ2) is 14.2. The number of nitrogens with one attached hydrogen (secondary N) is 1. The number of carbonyl (C=O) groups excluding carboxylic acids is 1. The number of oxazole rings is 1. The van der Waals surface area contributed by atoms with Crippen molar-refractivity contribution in [3.05, 3.63) is 77.5 Å². The van der Waals surface area contributed by atoms with E-state index in [9.17, 15) is 18.7 Å². The Kier molecular flexibility index (Phi) is 10.8. The van der Waals surface area contributed by atoms with Gasteiger partial charge in [-0.25, -0.2) is 18.7 Å². The van der Waals surface area contributed by atoms with E-state index in [1.54, 1.807) is 12.1 Å². The van der Waals surface area contributed by atoms with Gasteiger partial charge < -0.3 is 31.2 Å². The van der Waals surface area contributed by atoms with Gasteiger partial charge in [0.15, 0.2) is 0 Å². The maximum absolute atomic E-state index is 13.9. The normalized spacial score (nSPS) is 13.2. The predicted octanol–water partition coefficient (Wildman–Crippen LogP) is 3.88. The molecule has 0 bridgehead atoms. The summed E-state index contributed by atoms with van der Waals surface area (Å²) in [7, 11) is 0. The van der Waals surface area contributed by atoms with Crippen LogP contribution in [0.2, 0.25) is 0 Å². The summed E-state index contributed by atoms with van der Waals surface area (Å²) < 4.78 is 33.2. The van der Waals surface area contributed by atoms with E-state index in [-0.39, 0.29) is 36.3 Å². The number of aliphatic hydroxyl groups excluding tert-OH is 1. The standard InChI is InChI=1S/C28H36F2N6O3/c1-3-8-36(9-4-2)26-15-19(14-24(34-26)28-33-7-10-39-28)27(38)35-23(25(37)6-5-22(32)17-31)13-18-11-20(29)16-21(30)12-18/h7,10-12,14-17,23,25,37H,3-6,8-9,13,31-32H2,1-2H3,(H,35,38)/b22-17-. The molecule has 1 amide bonds. The zero-order valence-corrected chi connectivity index (χ0v) is 22.2. The number of hydrogen-bond acceptors (Lipinski definition) is 8. The Hall–Kier alpha value is -3.99. The molecule has 0 aliphatic heterocycles. The molecule has 0 aliphatic carbocycles. The molecule has 3 aromatic rings. The number of amides is 1. The number of pyridine rings is 1. The minimum Gasteiger partial charge on any atom is -0.443 e. The van der Waals surface area contributed by atoms with E-state index in [0.29, 0.717) is 17.2 Å². The summed E-state index contributed by atoms with van der Waals surface area (Å²) in [5.74, 6) is -1.15. The SMILES string of the molecule is CCCN(CCC)c1cc(C(=O)NC(Cc2cc(F)cc(F)c2)C(O)CC/C(N)=C/N)cc(-c2ncco2)n1. The van der Waals surface area contributed by atoms with Gasteiger partial charge in [-0.15, -0.1) is 0 Å². The van der Waals surface area contributed by atoms with Crippen molar-refractivity contribution in [1.29, 1.82) is 0 Å². The van der Waals surface area contributed by atoms with Gasteiger partial charge in [-0.2, -0.15) is 0 Å². The van der Waals surface area contributed by atoms with Crippen LogP contribution >= 0.6 is 0 Å². The van der Waals surface area contributed by atoms with Crippen molar-refractivity contribution < 1.29 is 23.1 Å². The lowest BCUT2D eigenvalue weighted by atomic mass is 9.97. The summed E-state index contributed by atoms with van der Waals surface area (Å²) in [5, 5.41) is 13.8. The van der Waals surface area contributed by atoms with Gasteiger partial charge in [0.25, 0.3) is 5.91 Å². The van der Waals surface area contributed by atoms with Gasteiger partial charge in [0.05, 0.1) is 18.3 Å². The molecule has 2 atom stereocenters. The van der Waals surface area contributed by atoms with Crippen molar-refractivity contribution in [2.45, 2.75) is 58.1 Å². The summed E-state index contributed by atoms with van der Waals surface area (Å²) in [6.45, 7) is 5.59. The molecule has 0 radical (unpaired) electrons. The van der Waals surface area contributed by atoms with Crippen LogP contribution in [0.4, 0.5) is 14.6 Å². The van der Waals surface area contributed by atoms with Gasteiger partial charge >= 0.3 is 0 Å². The van der Waals surface area contributed by atoms with Gasteiger partial charge in [-0.1, -0.05) is 13.8 Å². The molecule has 0 aliphatic rings. The Morgan fingerprint density at radius 3 is 2.44 bits per heavy atom. The Morgan fingerprint density at radius 2 is 1.85 bits per heavy atom. The molecule has 9 nitrogen and oxygen atoms in total. The first-order chi connectivity index (χ1) is 18.7. The van der Waals surface area contributed by atoms with Gasteiger partial charge in [-0.05, 0) is 61.9 Å². The summed E-state index contributed by atoms with van der Waals surface area (Å²) in [6.07, 6.45) is 5.26. The van der Waals surface area contributed by atoms with Crippen molar-refractivity contribution >= 4 is 11.7 Å². The molecule has 39 heavy (non-hydrogen) atoms. The van der Waals surface area contributed by atoms with Crippen molar-refractivity contribution in [1.82, 2.24) is 15.3 Å². The lowest BCUT2D eigenvalue weighted by Crippen LogP contribution is -2.45. The third kappa shape index (κ3) is 8.51. The number of anilines is 1. The molecule has 2 aromatic heterocycles. The number of aliphatic hydroxyl groups is 1. The van der Waals surface area contributed by atoms with E-state index < -0.39 is 29.7 Å². The van der Waals surface area contributed by atoms with Crippen LogP contribution in [0.25, 0.3) is 11.6 Å². The molecule has 210 valence electrons. The highest BCUT2D eigenvalue weighted by molar-refractivity contribution is 5.96. The summed E-state index contributed by atoms with van der Waals surface area (Å²) >= 11 is 0. The molecule has 2 unspecified atom stereocenters. The monoisotopic (exact) mass is 542 g/mol. The third-order valence-corrected chi connectivity index (χ3v) is 6.14. The molecule has 3 rings (SSSR count). The third-order valence-electron chi connectivity index (χ3n) is 6.14. The fraction of sp³-hybridized carbons (Fsp3) is 0.393. The largest absolute Gasteiger partial charge is 0.443 e. The molecular weight excluding hydrogens is 506 g/mol. The Balaban J connectivity index is 1.95. The van der Waals surface area contributed by atoms with Gasteiger partial charge in [0, 0.05) is 36.6 Å². The van der Waals surface area contributed by atoms with Crippen LogP contribution in [0.3, 0.4) is 0 Å². The fourth-order valence-electron chi connectivity index (χ4n) is 4.27. The molecule has 0 saturated heterocycles. The van der Waals surface area contributed by atoms with Crippen LogP contribution in [0.15, 0.2) is 59.1 Å². The van der Waals surface area contributed by atoms with Gasteiger partial charge in [0.2, 0.25) is 5.89 Å². The van der Waals surface area contributed by atoms with Crippen molar-refractivity contribution in [3.8, 4) is 11.6 Å². The average Bonchev–Trinajstić information content (AvgIpc) is 3.45. The first kappa shape index (κ1) is 29.6. The highest BCUT2D eigenvalue weighted by Gasteiger charge is 2.25. The zero-order valence-electron chi connectivity index (χ0n) is 22.2. The molecule has 0 spiro atoms. The first-order valence-corrected chi connectivity index (χ1v) is 13.0. The number of aromatic nitrogens is 2. The van der Waals surface area contributed by atoms with Crippen LogP contribution in [-0.2, 0) is 6.42 Å². The fourth-order valence-corrected chi connectivity index (χ4v) is 4.27. The molecule has 1 aromatic carbocycles. The molecule has 2 heterocycles. The molecule has 11 heteroatoms. The number of nitrogens with zero attached hydrogens (tertiary/aromatic N) is 3. The predicted molar refractivity (Wildman–Crippen MR) is 146 cm³/mol. The lowest BCUT2D eigenvalue weighted by Gasteiger charge is -2.26. The van der Waals surface area contributed by atoms with E-state index in [0.717, 1.165) is 32.0 Å². The average molecular weight is 543 g/mol. The second-order valence-electron chi connectivity index (χ2n) is 9.33. The first-order valence-electron chi connectivity index (χ1n) is 13.0. The van der Waals surface area contributed by atoms with Crippen molar-refractivity contribution in [2.75, 3.05) is 18.0 Å². The number of carbonyl (C=O) groups is 1. The molecule has 0 saturated carbocycles. The Labute approximate surface area is 226 Å². The Bertz CT molecular complexity index is 1230.